The molecule has 0 amide bonds. The van der Waals surface area contributed by atoms with Crippen LogP contribution in [0, 0.1) is 6.92 Å². The zero-order valence-corrected chi connectivity index (χ0v) is 16.7. The first-order chi connectivity index (χ1) is 13.7. The summed E-state index contributed by atoms with van der Waals surface area (Å²) in [6.07, 6.45) is 2.43. The fourth-order valence-electron chi connectivity index (χ4n) is 5.65. The zero-order chi connectivity index (χ0) is 19.2. The third-order valence-electron chi connectivity index (χ3n) is 6.99. The number of nitrogens with zero attached hydrogens (tertiary/aromatic N) is 1. The summed E-state index contributed by atoms with van der Waals surface area (Å²) >= 11 is 0. The van der Waals surface area contributed by atoms with Crippen LogP contribution in [-0.2, 0) is 10.3 Å². The molecule has 0 spiro atoms. The van der Waals surface area contributed by atoms with Crippen LogP contribution in [0.5, 0.6) is 0 Å². The van der Waals surface area contributed by atoms with Crippen molar-refractivity contribution in [1.29, 1.82) is 0 Å². The van der Waals surface area contributed by atoms with Crippen LogP contribution in [0.1, 0.15) is 29.5 Å². The van der Waals surface area contributed by atoms with Gasteiger partial charge >= 0.3 is 7.05 Å². The fourth-order valence-corrected chi connectivity index (χ4v) is 5.65. The molecule has 3 heteroatoms. The summed E-state index contributed by atoms with van der Waals surface area (Å²) in [6.45, 7) is 3.37. The SMILES string of the molecule is Cc1ccccc1[B-]1OC(c2ccccc2)(c2ccccc2)[C@@H]2CCC[N@+]12C. The lowest BCUT2D eigenvalue weighted by atomic mass is 9.67. The first kappa shape index (κ1) is 17.7. The molecule has 0 bridgehead atoms. The second-order valence-electron chi connectivity index (χ2n) is 8.52. The smallest absolute Gasteiger partial charge is 0.316 e. The topological polar surface area (TPSA) is 9.23 Å². The summed E-state index contributed by atoms with van der Waals surface area (Å²) < 4.78 is 8.18. The molecule has 141 valence electrons. The second kappa shape index (κ2) is 6.61. The predicted octanol–water partition coefficient (Wildman–Crippen LogP) is 4.27. The number of hydrogen-bond donors (Lipinski definition) is 0. The summed E-state index contributed by atoms with van der Waals surface area (Å²) in [6, 6.07) is 30.9. The summed E-state index contributed by atoms with van der Waals surface area (Å²) in [7, 11) is 2.46. The molecule has 3 aromatic carbocycles. The minimum Gasteiger partial charge on any atom is -0.540 e. The Bertz CT molecular complexity index is 935. The molecule has 2 nitrogen and oxygen atoms in total. The highest BCUT2D eigenvalue weighted by Gasteiger charge is 2.60. The van der Waals surface area contributed by atoms with Crippen molar-refractivity contribution in [1.82, 2.24) is 0 Å². The number of aryl methyl sites for hydroxylation is 1. The molecule has 3 aromatic rings. The Morgan fingerprint density at radius 3 is 2.04 bits per heavy atom. The summed E-state index contributed by atoms with van der Waals surface area (Å²) in [5.41, 5.74) is 4.77. The second-order valence-corrected chi connectivity index (χ2v) is 8.52. The van der Waals surface area contributed by atoms with Crippen LogP contribution in [0.15, 0.2) is 84.9 Å². The van der Waals surface area contributed by atoms with Gasteiger partial charge in [-0.05, 0) is 24.5 Å². The zero-order valence-electron chi connectivity index (χ0n) is 16.7. The highest BCUT2D eigenvalue weighted by molar-refractivity contribution is 6.61. The Kier molecular flexibility index (Phi) is 4.19. The highest BCUT2D eigenvalue weighted by Crippen LogP contribution is 2.52. The Morgan fingerprint density at radius 2 is 1.43 bits per heavy atom. The first-order valence-corrected chi connectivity index (χ1v) is 10.4. The number of benzene rings is 3. The van der Waals surface area contributed by atoms with Crippen molar-refractivity contribution in [2.75, 3.05) is 13.6 Å². The maximum Gasteiger partial charge on any atom is 0.316 e. The molecule has 2 aliphatic heterocycles. The Morgan fingerprint density at radius 1 is 0.857 bits per heavy atom. The summed E-state index contributed by atoms with van der Waals surface area (Å²) in [5, 5.41) is 0. The average molecular weight is 368 g/mol. The van der Waals surface area contributed by atoms with Gasteiger partial charge in [-0.15, -0.1) is 5.46 Å². The van der Waals surface area contributed by atoms with Crippen LogP contribution < -0.4 is 5.46 Å². The number of likely N-dealkylation sites (N-methyl/N-ethyl adjacent to an activating group) is 1. The molecule has 2 fully saturated rings. The minimum absolute atomic E-state index is 0.0501. The standard InChI is InChI=1S/C25H27BNO/c1-20-12-9-10-17-23(20)26-27(2)19-11-18-24(27)25(28-26,21-13-5-3-6-14-21)22-15-7-4-8-16-22/h3-10,12-17,24H,11,18-19H2,1-2H3/t24-,27-/m0/s1. The Hall–Kier alpha value is -2.36. The molecule has 0 saturated carbocycles. The van der Waals surface area contributed by atoms with Gasteiger partial charge in [-0.25, -0.2) is 0 Å². The van der Waals surface area contributed by atoms with Crippen molar-refractivity contribution in [2.45, 2.75) is 31.4 Å². The number of rotatable bonds is 3. The molecule has 0 N–H and O–H groups in total. The number of fused-ring (bicyclic) bond motifs is 1. The maximum absolute atomic E-state index is 7.23. The Balaban J connectivity index is 1.75. The van der Waals surface area contributed by atoms with Crippen LogP contribution in [0.2, 0.25) is 0 Å². The van der Waals surface area contributed by atoms with E-state index in [0.29, 0.717) is 6.04 Å². The molecule has 2 heterocycles. The average Bonchev–Trinajstić information content (AvgIpc) is 3.24. The molecule has 2 aliphatic rings. The van der Waals surface area contributed by atoms with E-state index in [4.69, 9.17) is 4.65 Å². The van der Waals surface area contributed by atoms with Gasteiger partial charge in [0, 0.05) is 20.0 Å². The largest absolute Gasteiger partial charge is 0.540 e. The van der Waals surface area contributed by atoms with E-state index in [1.165, 1.54) is 35.0 Å². The molecule has 1 radical (unpaired) electrons. The Labute approximate surface area is 168 Å². The van der Waals surface area contributed by atoms with E-state index in [2.05, 4.69) is 98.9 Å². The molecular weight excluding hydrogens is 341 g/mol. The van der Waals surface area contributed by atoms with Gasteiger partial charge in [0.1, 0.15) is 5.60 Å². The van der Waals surface area contributed by atoms with Gasteiger partial charge < -0.3 is 9.05 Å². The van der Waals surface area contributed by atoms with Gasteiger partial charge in [-0.3, -0.25) is 0 Å². The molecule has 28 heavy (non-hydrogen) atoms. The van der Waals surface area contributed by atoms with Crippen molar-refractivity contribution < 1.29 is 9.05 Å². The van der Waals surface area contributed by atoms with Crippen LogP contribution >= 0.6 is 0 Å². The highest BCUT2D eigenvalue weighted by atomic mass is 16.5. The number of hydrogen-bond acceptors (Lipinski definition) is 1. The molecule has 2 saturated heterocycles. The lowest BCUT2D eigenvalue weighted by Gasteiger charge is -2.46. The van der Waals surface area contributed by atoms with E-state index in [1.807, 2.05) is 0 Å². The van der Waals surface area contributed by atoms with Gasteiger partial charge in [-0.2, -0.15) is 0 Å². The minimum atomic E-state index is -0.416. The van der Waals surface area contributed by atoms with Gasteiger partial charge in [-0.1, -0.05) is 90.5 Å². The number of quaternary nitrogens is 1. The third kappa shape index (κ3) is 2.43. The maximum atomic E-state index is 7.23. The molecule has 2 atom stereocenters. The van der Waals surface area contributed by atoms with Crippen LogP contribution in [-0.4, -0.2) is 31.1 Å². The third-order valence-corrected chi connectivity index (χ3v) is 6.99. The molecule has 0 aliphatic carbocycles. The van der Waals surface area contributed by atoms with Gasteiger partial charge in [0.2, 0.25) is 0 Å². The van der Waals surface area contributed by atoms with E-state index >= 15 is 0 Å². The van der Waals surface area contributed by atoms with Crippen molar-refractivity contribution in [3.05, 3.63) is 102 Å². The van der Waals surface area contributed by atoms with E-state index in [1.54, 1.807) is 0 Å². The fraction of sp³-hybridized carbons (Fsp3) is 0.280. The van der Waals surface area contributed by atoms with Gasteiger partial charge in [0.15, 0.2) is 0 Å². The van der Waals surface area contributed by atoms with Crippen LogP contribution in [0.25, 0.3) is 0 Å². The van der Waals surface area contributed by atoms with Crippen molar-refractivity contribution in [3.63, 3.8) is 0 Å². The molecule has 0 unspecified atom stereocenters. The summed E-state index contributed by atoms with van der Waals surface area (Å²) in [4.78, 5) is 0. The van der Waals surface area contributed by atoms with Gasteiger partial charge in [0.05, 0.1) is 6.04 Å². The van der Waals surface area contributed by atoms with Crippen molar-refractivity contribution in [2.24, 2.45) is 0 Å². The van der Waals surface area contributed by atoms with Gasteiger partial charge in [0.25, 0.3) is 0 Å². The lowest BCUT2D eigenvalue weighted by Crippen LogP contribution is -2.60. The normalized spacial score (nSPS) is 26.3. The van der Waals surface area contributed by atoms with E-state index in [9.17, 15) is 0 Å². The van der Waals surface area contributed by atoms with E-state index in [-0.39, 0.29) is 7.05 Å². The molecule has 0 aromatic heterocycles. The van der Waals surface area contributed by atoms with E-state index in [0.717, 1.165) is 10.9 Å². The summed E-state index contributed by atoms with van der Waals surface area (Å²) in [5.74, 6) is 0. The predicted molar refractivity (Wildman–Crippen MR) is 115 cm³/mol. The molecule has 5 rings (SSSR count). The van der Waals surface area contributed by atoms with Crippen molar-refractivity contribution in [3.8, 4) is 0 Å². The first-order valence-electron chi connectivity index (χ1n) is 10.4. The molecular formula is C25H27BNO. The lowest BCUT2D eigenvalue weighted by molar-refractivity contribution is -0.815. The van der Waals surface area contributed by atoms with Crippen LogP contribution in [0.4, 0.5) is 0 Å². The van der Waals surface area contributed by atoms with Crippen molar-refractivity contribution >= 4 is 12.5 Å². The van der Waals surface area contributed by atoms with Crippen LogP contribution in [0.3, 0.4) is 0 Å². The van der Waals surface area contributed by atoms with E-state index < -0.39 is 5.60 Å². The quantitative estimate of drug-likeness (QED) is 0.628. The monoisotopic (exact) mass is 368 g/mol.